The second-order valence-electron chi connectivity index (χ2n) is 6.63. The first-order chi connectivity index (χ1) is 11.0. The molecule has 2 fully saturated rings. The van der Waals surface area contributed by atoms with E-state index in [0.717, 1.165) is 57.0 Å². The van der Waals surface area contributed by atoms with Crippen LogP contribution in [0.15, 0.2) is 24.3 Å². The van der Waals surface area contributed by atoms with Gasteiger partial charge >= 0.3 is 0 Å². The van der Waals surface area contributed by atoms with E-state index in [1.807, 2.05) is 24.3 Å². The number of nitrogens with one attached hydrogen (secondary N) is 1. The Labute approximate surface area is 137 Å². The van der Waals surface area contributed by atoms with Gasteiger partial charge in [0, 0.05) is 38.4 Å². The summed E-state index contributed by atoms with van der Waals surface area (Å²) in [6, 6.07) is 7.48. The van der Waals surface area contributed by atoms with Crippen LogP contribution in [0.5, 0.6) is 5.75 Å². The SMILES string of the molecule is CN1CCN(CCOc2ccc(NC(=O)C3(N)CC3)cc2)CC1. The van der Waals surface area contributed by atoms with Gasteiger partial charge in [-0.2, -0.15) is 0 Å². The van der Waals surface area contributed by atoms with Crippen LogP contribution in [0.1, 0.15) is 12.8 Å². The highest BCUT2D eigenvalue weighted by atomic mass is 16.5. The topological polar surface area (TPSA) is 70.8 Å². The molecule has 1 saturated heterocycles. The van der Waals surface area contributed by atoms with Crippen molar-refractivity contribution in [1.29, 1.82) is 0 Å². The standard InChI is InChI=1S/C17H26N4O2/c1-20-8-10-21(11-9-20)12-13-23-15-4-2-14(3-5-15)19-16(22)17(18)6-7-17/h2-5H,6-13,18H2,1H3,(H,19,22). The van der Waals surface area contributed by atoms with Gasteiger partial charge in [-0.3, -0.25) is 9.69 Å². The predicted molar refractivity (Wildman–Crippen MR) is 90.7 cm³/mol. The molecule has 2 aliphatic rings. The van der Waals surface area contributed by atoms with Crippen molar-refractivity contribution in [3.8, 4) is 5.75 Å². The van der Waals surface area contributed by atoms with Gasteiger partial charge in [0.05, 0.1) is 5.54 Å². The molecule has 1 heterocycles. The van der Waals surface area contributed by atoms with Crippen molar-refractivity contribution >= 4 is 11.6 Å². The highest BCUT2D eigenvalue weighted by Gasteiger charge is 2.45. The molecule has 1 aromatic rings. The predicted octanol–water partition coefficient (Wildman–Crippen LogP) is 0.743. The van der Waals surface area contributed by atoms with E-state index in [1.54, 1.807) is 0 Å². The van der Waals surface area contributed by atoms with Crippen LogP contribution in [0.4, 0.5) is 5.69 Å². The zero-order chi connectivity index (χ0) is 16.3. The number of amides is 1. The summed E-state index contributed by atoms with van der Waals surface area (Å²) in [5, 5.41) is 2.85. The number of nitrogens with two attached hydrogens (primary N) is 1. The highest BCUT2D eigenvalue weighted by Crippen LogP contribution is 2.33. The van der Waals surface area contributed by atoms with Crippen LogP contribution in [0, 0.1) is 0 Å². The molecule has 23 heavy (non-hydrogen) atoms. The molecule has 6 heteroatoms. The van der Waals surface area contributed by atoms with Crippen LogP contribution in [0.3, 0.4) is 0 Å². The first-order valence-electron chi connectivity index (χ1n) is 8.29. The third kappa shape index (κ3) is 4.43. The summed E-state index contributed by atoms with van der Waals surface area (Å²) >= 11 is 0. The van der Waals surface area contributed by atoms with E-state index >= 15 is 0 Å². The smallest absolute Gasteiger partial charge is 0.244 e. The van der Waals surface area contributed by atoms with Crippen LogP contribution in [-0.4, -0.2) is 67.6 Å². The van der Waals surface area contributed by atoms with E-state index in [0.29, 0.717) is 6.61 Å². The third-order valence-electron chi connectivity index (χ3n) is 4.63. The van der Waals surface area contributed by atoms with Crippen molar-refractivity contribution in [2.24, 2.45) is 5.73 Å². The van der Waals surface area contributed by atoms with Gasteiger partial charge < -0.3 is 20.7 Å². The van der Waals surface area contributed by atoms with E-state index < -0.39 is 5.54 Å². The van der Waals surface area contributed by atoms with Crippen molar-refractivity contribution in [2.75, 3.05) is 51.7 Å². The lowest BCUT2D eigenvalue weighted by Gasteiger charge is -2.32. The number of carbonyl (C=O) groups excluding carboxylic acids is 1. The minimum Gasteiger partial charge on any atom is -0.492 e. The normalized spacial score (nSPS) is 21.0. The Morgan fingerprint density at radius 2 is 1.87 bits per heavy atom. The van der Waals surface area contributed by atoms with Gasteiger partial charge in [0.15, 0.2) is 0 Å². The molecule has 1 amide bonds. The van der Waals surface area contributed by atoms with Gasteiger partial charge in [-0.15, -0.1) is 0 Å². The molecular weight excluding hydrogens is 292 g/mol. The number of ether oxygens (including phenoxy) is 1. The largest absolute Gasteiger partial charge is 0.492 e. The van der Waals surface area contributed by atoms with E-state index in [-0.39, 0.29) is 5.91 Å². The Balaban J connectivity index is 1.40. The van der Waals surface area contributed by atoms with Gasteiger partial charge in [0.25, 0.3) is 0 Å². The average Bonchev–Trinajstić information content (AvgIpc) is 3.30. The number of piperazine rings is 1. The second-order valence-corrected chi connectivity index (χ2v) is 6.63. The molecule has 0 atom stereocenters. The molecule has 1 aliphatic heterocycles. The molecule has 3 rings (SSSR count). The summed E-state index contributed by atoms with van der Waals surface area (Å²) in [6.45, 7) is 6.08. The second kappa shape index (κ2) is 6.86. The maximum absolute atomic E-state index is 11.9. The van der Waals surface area contributed by atoms with Gasteiger partial charge in [-0.25, -0.2) is 0 Å². The highest BCUT2D eigenvalue weighted by molar-refractivity contribution is 6.00. The summed E-state index contributed by atoms with van der Waals surface area (Å²) in [5.74, 6) is 0.729. The average molecular weight is 318 g/mol. The maximum Gasteiger partial charge on any atom is 0.244 e. The molecule has 0 spiro atoms. The summed E-state index contributed by atoms with van der Waals surface area (Å²) < 4.78 is 5.78. The molecule has 3 N–H and O–H groups in total. The van der Waals surface area contributed by atoms with Crippen LogP contribution in [0.25, 0.3) is 0 Å². The van der Waals surface area contributed by atoms with Gasteiger partial charge in [0.2, 0.25) is 5.91 Å². The summed E-state index contributed by atoms with van der Waals surface area (Å²) in [4.78, 5) is 16.6. The monoisotopic (exact) mass is 318 g/mol. The lowest BCUT2D eigenvalue weighted by molar-refractivity contribution is -0.118. The molecule has 126 valence electrons. The number of rotatable bonds is 6. The fourth-order valence-corrected chi connectivity index (χ4v) is 2.62. The number of likely N-dealkylation sites (N-methyl/N-ethyl adjacent to an activating group) is 1. The molecule has 0 aromatic heterocycles. The molecule has 0 unspecified atom stereocenters. The fraction of sp³-hybridized carbons (Fsp3) is 0.588. The summed E-state index contributed by atoms with van der Waals surface area (Å²) in [7, 11) is 2.16. The van der Waals surface area contributed by atoms with E-state index in [4.69, 9.17) is 10.5 Å². The summed E-state index contributed by atoms with van der Waals surface area (Å²) in [5.41, 5.74) is 5.99. The Hall–Kier alpha value is -1.63. The lowest BCUT2D eigenvalue weighted by Crippen LogP contribution is -2.45. The minimum atomic E-state index is -0.641. The van der Waals surface area contributed by atoms with Crippen molar-refractivity contribution in [2.45, 2.75) is 18.4 Å². The summed E-state index contributed by atoms with van der Waals surface area (Å²) in [6.07, 6.45) is 1.54. The Kier molecular flexibility index (Phi) is 4.84. The minimum absolute atomic E-state index is 0.0961. The van der Waals surface area contributed by atoms with E-state index in [2.05, 4.69) is 22.2 Å². The Morgan fingerprint density at radius 3 is 2.48 bits per heavy atom. The van der Waals surface area contributed by atoms with Crippen LogP contribution >= 0.6 is 0 Å². The molecule has 1 aliphatic carbocycles. The molecule has 6 nitrogen and oxygen atoms in total. The zero-order valence-corrected chi connectivity index (χ0v) is 13.8. The molecule has 1 saturated carbocycles. The number of hydrogen-bond acceptors (Lipinski definition) is 5. The van der Waals surface area contributed by atoms with E-state index in [1.165, 1.54) is 0 Å². The molecule has 0 bridgehead atoms. The van der Waals surface area contributed by atoms with Crippen molar-refractivity contribution in [3.05, 3.63) is 24.3 Å². The van der Waals surface area contributed by atoms with Crippen LogP contribution < -0.4 is 15.8 Å². The van der Waals surface area contributed by atoms with Crippen molar-refractivity contribution < 1.29 is 9.53 Å². The number of benzene rings is 1. The number of hydrogen-bond donors (Lipinski definition) is 2. The van der Waals surface area contributed by atoms with E-state index in [9.17, 15) is 4.79 Å². The van der Waals surface area contributed by atoms with Crippen molar-refractivity contribution in [1.82, 2.24) is 9.80 Å². The molecular formula is C17H26N4O2. The van der Waals surface area contributed by atoms with Crippen LogP contribution in [0.2, 0.25) is 0 Å². The van der Waals surface area contributed by atoms with Crippen LogP contribution in [-0.2, 0) is 4.79 Å². The van der Waals surface area contributed by atoms with Crippen molar-refractivity contribution in [3.63, 3.8) is 0 Å². The quantitative estimate of drug-likeness (QED) is 0.810. The first kappa shape index (κ1) is 16.2. The molecule has 1 aromatic carbocycles. The number of anilines is 1. The number of nitrogens with zero attached hydrogens (tertiary/aromatic N) is 2. The van der Waals surface area contributed by atoms with Gasteiger partial charge in [-0.05, 0) is 44.2 Å². The first-order valence-corrected chi connectivity index (χ1v) is 8.29. The Morgan fingerprint density at radius 1 is 1.22 bits per heavy atom. The third-order valence-corrected chi connectivity index (χ3v) is 4.63. The number of carbonyl (C=O) groups is 1. The Bertz CT molecular complexity index is 534. The zero-order valence-electron chi connectivity index (χ0n) is 13.8. The maximum atomic E-state index is 11.9. The molecule has 0 radical (unpaired) electrons. The van der Waals surface area contributed by atoms with Gasteiger partial charge in [0.1, 0.15) is 12.4 Å². The fourth-order valence-electron chi connectivity index (χ4n) is 2.62. The lowest BCUT2D eigenvalue weighted by atomic mass is 10.2. The van der Waals surface area contributed by atoms with Gasteiger partial charge in [-0.1, -0.05) is 0 Å².